The number of sulfonamides is 1. The summed E-state index contributed by atoms with van der Waals surface area (Å²) in [6, 6.07) is 6.96. The van der Waals surface area contributed by atoms with E-state index in [1.54, 1.807) is 18.2 Å². The van der Waals surface area contributed by atoms with Crippen molar-refractivity contribution in [2.75, 3.05) is 18.8 Å². The molecule has 23 heavy (non-hydrogen) atoms. The van der Waals surface area contributed by atoms with Crippen LogP contribution in [0.15, 0.2) is 24.3 Å². The van der Waals surface area contributed by atoms with Crippen LogP contribution >= 0.6 is 0 Å². The summed E-state index contributed by atoms with van der Waals surface area (Å²) in [5, 5.41) is 9.02. The molecule has 1 aromatic carbocycles. The maximum absolute atomic E-state index is 11.8. The van der Waals surface area contributed by atoms with Crippen LogP contribution in [0.25, 0.3) is 0 Å². The van der Waals surface area contributed by atoms with Crippen molar-refractivity contribution in [3.63, 3.8) is 0 Å². The van der Waals surface area contributed by atoms with Crippen LogP contribution in [0, 0.1) is 0 Å². The minimum Gasteiger partial charge on any atom is -0.478 e. The van der Waals surface area contributed by atoms with Crippen LogP contribution < -0.4 is 4.72 Å². The van der Waals surface area contributed by atoms with Gasteiger partial charge >= 0.3 is 5.97 Å². The van der Waals surface area contributed by atoms with E-state index in [-0.39, 0.29) is 11.8 Å². The number of rotatable bonds is 7. The number of nitrogens with one attached hydrogen (secondary N) is 1. The molecule has 0 atom stereocenters. The Kier molecular flexibility index (Phi) is 6.15. The van der Waals surface area contributed by atoms with Gasteiger partial charge in [0, 0.05) is 25.7 Å². The van der Waals surface area contributed by atoms with Crippen molar-refractivity contribution < 1.29 is 18.3 Å². The number of aromatic carboxylic acids is 1. The summed E-state index contributed by atoms with van der Waals surface area (Å²) in [4.78, 5) is 13.2. The number of nitrogens with zero attached hydrogens (tertiary/aromatic N) is 1. The fraction of sp³-hybridized carbons (Fsp3) is 0.562. The van der Waals surface area contributed by atoms with Crippen molar-refractivity contribution in [3.05, 3.63) is 35.4 Å². The molecule has 1 fully saturated rings. The lowest BCUT2D eigenvalue weighted by atomic mass is 10.0. The molecule has 2 rings (SSSR count). The van der Waals surface area contributed by atoms with Gasteiger partial charge in [-0.15, -0.1) is 0 Å². The fourth-order valence-corrected chi connectivity index (χ4v) is 4.25. The summed E-state index contributed by atoms with van der Waals surface area (Å²) in [7, 11) is -3.16. The van der Waals surface area contributed by atoms with E-state index >= 15 is 0 Å². The number of hydrogen-bond donors (Lipinski definition) is 2. The Balaban J connectivity index is 1.85. The Bertz CT molecular complexity index is 637. The number of hydrogen-bond acceptors (Lipinski definition) is 4. The van der Waals surface area contributed by atoms with Crippen LogP contribution in [0.4, 0.5) is 0 Å². The summed E-state index contributed by atoms with van der Waals surface area (Å²) in [6.07, 6.45) is 2.18. The van der Waals surface area contributed by atoms with Crippen LogP contribution in [0.3, 0.4) is 0 Å². The second kappa shape index (κ2) is 7.90. The average molecular weight is 340 g/mol. The highest BCUT2D eigenvalue weighted by Crippen LogP contribution is 2.15. The quantitative estimate of drug-likeness (QED) is 0.788. The Morgan fingerprint density at radius 3 is 2.65 bits per heavy atom. The van der Waals surface area contributed by atoms with Crippen molar-refractivity contribution in [2.45, 2.75) is 38.8 Å². The van der Waals surface area contributed by atoms with Crippen LogP contribution in [0.5, 0.6) is 0 Å². The Labute approximate surface area is 137 Å². The average Bonchev–Trinajstić information content (AvgIpc) is 2.49. The van der Waals surface area contributed by atoms with E-state index in [1.165, 1.54) is 0 Å². The first-order valence-electron chi connectivity index (χ1n) is 7.94. The third-order valence-electron chi connectivity index (χ3n) is 3.99. The molecule has 0 saturated carbocycles. The topological polar surface area (TPSA) is 86.7 Å². The fourth-order valence-electron chi connectivity index (χ4n) is 2.85. The molecule has 0 radical (unpaired) electrons. The smallest absolute Gasteiger partial charge is 0.335 e. The number of likely N-dealkylation sites (tertiary alicyclic amines) is 1. The van der Waals surface area contributed by atoms with E-state index in [2.05, 4.69) is 9.62 Å². The van der Waals surface area contributed by atoms with Crippen LogP contribution in [-0.2, 0) is 16.6 Å². The highest BCUT2D eigenvalue weighted by Gasteiger charge is 2.23. The molecule has 0 aliphatic carbocycles. The first-order valence-corrected chi connectivity index (χ1v) is 9.59. The third kappa shape index (κ3) is 5.60. The molecule has 1 heterocycles. The predicted molar refractivity (Wildman–Crippen MR) is 88.9 cm³/mol. The molecule has 2 N–H and O–H groups in total. The van der Waals surface area contributed by atoms with Crippen molar-refractivity contribution in [1.29, 1.82) is 0 Å². The van der Waals surface area contributed by atoms with Gasteiger partial charge in [0.25, 0.3) is 0 Å². The normalized spacial score (nSPS) is 17.3. The molecule has 1 saturated heterocycles. The van der Waals surface area contributed by atoms with Gasteiger partial charge in [-0.25, -0.2) is 17.9 Å². The van der Waals surface area contributed by atoms with Crippen LogP contribution in [0.2, 0.25) is 0 Å². The molecule has 6 nitrogen and oxygen atoms in total. The van der Waals surface area contributed by atoms with Gasteiger partial charge in [0.2, 0.25) is 10.0 Å². The summed E-state index contributed by atoms with van der Waals surface area (Å²) in [6.45, 7) is 4.15. The van der Waals surface area contributed by atoms with Gasteiger partial charge in [-0.2, -0.15) is 0 Å². The van der Waals surface area contributed by atoms with E-state index in [0.717, 1.165) is 31.5 Å². The summed E-state index contributed by atoms with van der Waals surface area (Å²) in [5.41, 5.74) is 1.26. The monoisotopic (exact) mass is 340 g/mol. The molecule has 0 aromatic heterocycles. The SMILES string of the molecule is CCCS(=O)(=O)NC1CCN(Cc2cccc(C(=O)O)c2)CC1. The minimum atomic E-state index is -3.16. The second-order valence-corrected chi connectivity index (χ2v) is 7.87. The number of carboxylic acid groups (broad SMARTS) is 1. The first kappa shape index (κ1) is 17.9. The zero-order chi connectivity index (χ0) is 16.9. The first-order chi connectivity index (χ1) is 10.9. The van der Waals surface area contributed by atoms with Gasteiger partial charge < -0.3 is 5.11 Å². The van der Waals surface area contributed by atoms with Gasteiger partial charge in [-0.05, 0) is 37.0 Å². The van der Waals surface area contributed by atoms with E-state index in [0.29, 0.717) is 18.5 Å². The summed E-state index contributed by atoms with van der Waals surface area (Å²) < 4.78 is 26.4. The van der Waals surface area contributed by atoms with E-state index in [9.17, 15) is 13.2 Å². The number of benzene rings is 1. The molecule has 1 aliphatic heterocycles. The van der Waals surface area contributed by atoms with Gasteiger partial charge in [-0.1, -0.05) is 19.1 Å². The molecule has 0 amide bonds. The van der Waals surface area contributed by atoms with Crippen molar-refractivity contribution >= 4 is 16.0 Å². The lowest BCUT2D eigenvalue weighted by Gasteiger charge is -2.32. The Hall–Kier alpha value is -1.44. The molecule has 0 spiro atoms. The lowest BCUT2D eigenvalue weighted by Crippen LogP contribution is -2.44. The summed E-state index contributed by atoms with van der Waals surface area (Å²) >= 11 is 0. The van der Waals surface area contributed by atoms with Crippen molar-refractivity contribution in [1.82, 2.24) is 9.62 Å². The van der Waals surface area contributed by atoms with Gasteiger partial charge in [-0.3, -0.25) is 4.90 Å². The zero-order valence-electron chi connectivity index (χ0n) is 13.4. The zero-order valence-corrected chi connectivity index (χ0v) is 14.2. The van der Waals surface area contributed by atoms with E-state index in [4.69, 9.17) is 5.11 Å². The van der Waals surface area contributed by atoms with Crippen molar-refractivity contribution in [2.24, 2.45) is 0 Å². The minimum absolute atomic E-state index is 0.00755. The van der Waals surface area contributed by atoms with Crippen LogP contribution in [-0.4, -0.2) is 49.3 Å². The molecule has 128 valence electrons. The third-order valence-corrected chi connectivity index (χ3v) is 5.62. The second-order valence-electron chi connectivity index (χ2n) is 5.99. The van der Waals surface area contributed by atoms with Crippen LogP contribution in [0.1, 0.15) is 42.1 Å². The predicted octanol–water partition coefficient (Wildman–Crippen LogP) is 1.68. The lowest BCUT2D eigenvalue weighted by molar-refractivity contribution is 0.0696. The molecule has 0 bridgehead atoms. The van der Waals surface area contributed by atoms with Gasteiger partial charge in [0.1, 0.15) is 0 Å². The highest BCUT2D eigenvalue weighted by atomic mass is 32.2. The Morgan fingerprint density at radius 1 is 1.35 bits per heavy atom. The largest absolute Gasteiger partial charge is 0.478 e. The molecule has 7 heteroatoms. The molecule has 1 aliphatic rings. The molecule has 1 aromatic rings. The molecule has 0 unspecified atom stereocenters. The molecular weight excluding hydrogens is 316 g/mol. The number of piperidine rings is 1. The van der Waals surface area contributed by atoms with Crippen molar-refractivity contribution in [3.8, 4) is 0 Å². The maximum Gasteiger partial charge on any atom is 0.335 e. The van der Waals surface area contributed by atoms with Gasteiger partial charge in [0.05, 0.1) is 11.3 Å². The molecular formula is C16H24N2O4S. The van der Waals surface area contributed by atoms with E-state index in [1.807, 2.05) is 13.0 Å². The summed E-state index contributed by atoms with van der Waals surface area (Å²) in [5.74, 6) is -0.745. The van der Waals surface area contributed by atoms with E-state index < -0.39 is 16.0 Å². The van der Waals surface area contributed by atoms with Gasteiger partial charge in [0.15, 0.2) is 0 Å². The maximum atomic E-state index is 11.8. The Morgan fingerprint density at radius 2 is 2.04 bits per heavy atom. The highest BCUT2D eigenvalue weighted by molar-refractivity contribution is 7.89. The number of carbonyl (C=O) groups is 1. The standard InChI is InChI=1S/C16H24N2O4S/c1-2-10-23(21,22)17-15-6-8-18(9-7-15)12-13-4-3-5-14(11-13)16(19)20/h3-5,11,15,17H,2,6-10,12H2,1H3,(H,19,20). The number of carboxylic acids is 1.